The zero-order chi connectivity index (χ0) is 9.05. The van der Waals surface area contributed by atoms with Gasteiger partial charge in [0.2, 0.25) is 0 Å². The first-order valence-corrected chi connectivity index (χ1v) is 4.71. The standard InChI is InChI=1S/C9H13BO3/c1-11-4-9-3-5-6(7(9)12-2)8(10-5)13-9/h6-8H,3-4H2,1-2H3/t6-,7?,8+,9-/m0/s1. The Bertz CT molecular complexity index is 278. The minimum atomic E-state index is -0.164. The second-order valence-electron chi connectivity index (χ2n) is 4.18. The van der Waals surface area contributed by atoms with Crippen LogP contribution >= 0.6 is 0 Å². The van der Waals surface area contributed by atoms with Gasteiger partial charge in [-0.1, -0.05) is 0 Å². The van der Waals surface area contributed by atoms with Crippen molar-refractivity contribution < 1.29 is 14.2 Å². The Balaban J connectivity index is 1.93. The van der Waals surface area contributed by atoms with Crippen LogP contribution in [0.15, 0.2) is 0 Å². The first-order valence-electron chi connectivity index (χ1n) is 4.71. The van der Waals surface area contributed by atoms with E-state index in [4.69, 9.17) is 14.2 Å². The summed E-state index contributed by atoms with van der Waals surface area (Å²) in [5.74, 6) is 0.528. The summed E-state index contributed by atoms with van der Waals surface area (Å²) in [7, 11) is 3.48. The fourth-order valence-electron chi connectivity index (χ4n) is 3.10. The Hall–Kier alpha value is -0.185. The monoisotopic (exact) mass is 180 g/mol. The van der Waals surface area contributed by atoms with E-state index in [0.717, 1.165) is 6.42 Å². The molecular weight excluding hydrogens is 167 g/mol. The van der Waals surface area contributed by atoms with E-state index in [0.29, 0.717) is 18.5 Å². The topological polar surface area (TPSA) is 27.7 Å². The van der Waals surface area contributed by atoms with Gasteiger partial charge in [0.1, 0.15) is 0 Å². The molecule has 1 unspecified atom stereocenters. The molecule has 1 saturated carbocycles. The van der Waals surface area contributed by atoms with Gasteiger partial charge >= 0.3 is 77.5 Å². The van der Waals surface area contributed by atoms with Gasteiger partial charge in [0, 0.05) is 0 Å². The number of methoxy groups -OCH3 is 2. The summed E-state index contributed by atoms with van der Waals surface area (Å²) in [5, 5.41) is 0. The summed E-state index contributed by atoms with van der Waals surface area (Å²) in [6.07, 6.45) is 1.22. The number of ether oxygens (including phenoxy) is 3. The number of rotatable bonds is 3. The molecule has 1 saturated heterocycles. The van der Waals surface area contributed by atoms with Crippen LogP contribution in [0.1, 0.15) is 6.42 Å². The van der Waals surface area contributed by atoms with Crippen molar-refractivity contribution in [1.29, 1.82) is 0 Å². The third-order valence-corrected chi connectivity index (χ3v) is 3.52. The second-order valence-corrected chi connectivity index (χ2v) is 4.18. The predicted octanol–water partition coefficient (Wildman–Crippen LogP) is -0.347. The van der Waals surface area contributed by atoms with Gasteiger partial charge in [-0.2, -0.15) is 0 Å². The van der Waals surface area contributed by atoms with Crippen LogP contribution in [-0.4, -0.2) is 50.9 Å². The summed E-state index contributed by atoms with van der Waals surface area (Å²) < 4.78 is 16.7. The SMILES string of the molecule is COC[C@]12CC3=B[C@H](O1)[C@@H]3C2OC. The Labute approximate surface area is 78.3 Å². The molecule has 3 aliphatic rings. The Morgan fingerprint density at radius 3 is 3.00 bits per heavy atom. The van der Waals surface area contributed by atoms with E-state index in [2.05, 4.69) is 6.92 Å². The molecule has 0 amide bonds. The number of fused-ring (bicyclic) bond motifs is 1. The Morgan fingerprint density at radius 2 is 2.46 bits per heavy atom. The molecule has 2 aliphatic heterocycles. The van der Waals surface area contributed by atoms with Crippen LogP contribution in [0.3, 0.4) is 0 Å². The summed E-state index contributed by atoms with van der Waals surface area (Å²) >= 11 is 0. The molecule has 70 valence electrons. The van der Waals surface area contributed by atoms with E-state index >= 15 is 0 Å². The third kappa shape index (κ3) is 0.796. The van der Waals surface area contributed by atoms with Crippen LogP contribution < -0.4 is 0 Å². The minimum absolute atomic E-state index is 0.164. The van der Waals surface area contributed by atoms with Gasteiger partial charge in [0.25, 0.3) is 0 Å². The second kappa shape index (κ2) is 2.44. The zero-order valence-electron chi connectivity index (χ0n) is 7.95. The summed E-state index contributed by atoms with van der Waals surface area (Å²) in [5.41, 5.74) is 1.35. The molecule has 13 heavy (non-hydrogen) atoms. The summed E-state index contributed by atoms with van der Waals surface area (Å²) in [6.45, 7) is 2.87. The van der Waals surface area contributed by atoms with Gasteiger partial charge < -0.3 is 0 Å². The molecule has 0 aromatic carbocycles. The fraction of sp³-hybridized carbons (Fsp3) is 0.889. The van der Waals surface area contributed by atoms with Crippen LogP contribution in [0.4, 0.5) is 0 Å². The van der Waals surface area contributed by atoms with E-state index in [1.807, 2.05) is 0 Å². The van der Waals surface area contributed by atoms with Gasteiger partial charge in [-0.05, 0) is 0 Å². The average Bonchev–Trinajstić information content (AvgIpc) is 2.49. The molecule has 0 aromatic heterocycles. The van der Waals surface area contributed by atoms with Gasteiger partial charge in [-0.25, -0.2) is 0 Å². The normalized spacial score (nSPS) is 50.0. The van der Waals surface area contributed by atoms with Crippen molar-refractivity contribution >= 4 is 12.4 Å². The molecule has 4 atom stereocenters. The van der Waals surface area contributed by atoms with Crippen molar-refractivity contribution in [3.05, 3.63) is 0 Å². The van der Waals surface area contributed by atoms with Gasteiger partial charge in [0.15, 0.2) is 0 Å². The molecule has 0 spiro atoms. The number of hydrogen-bond donors (Lipinski definition) is 0. The van der Waals surface area contributed by atoms with E-state index in [1.165, 1.54) is 5.46 Å². The van der Waals surface area contributed by atoms with E-state index < -0.39 is 0 Å². The Morgan fingerprint density at radius 1 is 1.62 bits per heavy atom. The van der Waals surface area contributed by atoms with Crippen LogP contribution in [0.25, 0.3) is 0 Å². The first-order chi connectivity index (χ1) is 6.30. The van der Waals surface area contributed by atoms with E-state index in [-0.39, 0.29) is 11.7 Å². The van der Waals surface area contributed by atoms with Crippen molar-refractivity contribution in [2.75, 3.05) is 20.8 Å². The molecule has 2 fully saturated rings. The van der Waals surface area contributed by atoms with Crippen LogP contribution in [-0.2, 0) is 14.2 Å². The van der Waals surface area contributed by atoms with Crippen molar-refractivity contribution in [1.82, 2.24) is 0 Å². The molecular formula is C9H13BO3. The van der Waals surface area contributed by atoms with Crippen molar-refractivity contribution in [3.8, 4) is 0 Å². The molecule has 0 N–H and O–H groups in total. The molecule has 0 aromatic rings. The first kappa shape index (κ1) is 8.15. The molecule has 0 radical (unpaired) electrons. The van der Waals surface area contributed by atoms with Crippen molar-refractivity contribution in [3.63, 3.8) is 0 Å². The maximum atomic E-state index is 5.93. The van der Waals surface area contributed by atoms with Crippen LogP contribution in [0.2, 0.25) is 0 Å². The summed E-state index contributed by atoms with van der Waals surface area (Å²) in [6, 6.07) is 0.309. The average molecular weight is 180 g/mol. The molecule has 2 bridgehead atoms. The third-order valence-electron chi connectivity index (χ3n) is 3.52. The quantitative estimate of drug-likeness (QED) is 0.555. The maximum absolute atomic E-state index is 5.93. The Kier molecular flexibility index (Phi) is 1.53. The molecule has 3 nitrogen and oxygen atoms in total. The van der Waals surface area contributed by atoms with E-state index in [1.54, 1.807) is 14.2 Å². The summed E-state index contributed by atoms with van der Waals surface area (Å²) in [4.78, 5) is 0. The molecule has 4 heteroatoms. The van der Waals surface area contributed by atoms with Crippen LogP contribution in [0.5, 0.6) is 0 Å². The molecule has 1 aliphatic carbocycles. The van der Waals surface area contributed by atoms with Gasteiger partial charge in [-0.15, -0.1) is 0 Å². The van der Waals surface area contributed by atoms with Crippen molar-refractivity contribution in [2.24, 2.45) is 5.92 Å². The predicted molar refractivity (Wildman–Crippen MR) is 49.1 cm³/mol. The molecule has 3 rings (SSSR count). The van der Waals surface area contributed by atoms with Gasteiger partial charge in [0.05, 0.1) is 0 Å². The van der Waals surface area contributed by atoms with Gasteiger partial charge in [-0.3, -0.25) is 0 Å². The number of hydrogen-bond acceptors (Lipinski definition) is 3. The molecule has 2 heterocycles. The van der Waals surface area contributed by atoms with E-state index in [9.17, 15) is 0 Å². The van der Waals surface area contributed by atoms with Crippen LogP contribution in [0, 0.1) is 5.92 Å². The fourth-order valence-corrected chi connectivity index (χ4v) is 3.10. The zero-order valence-corrected chi connectivity index (χ0v) is 7.95. The van der Waals surface area contributed by atoms with Crippen molar-refractivity contribution in [2.45, 2.75) is 24.1 Å².